The van der Waals surface area contributed by atoms with Crippen LogP contribution in [0, 0.1) is 0 Å². The first kappa shape index (κ1) is 15.1. The van der Waals surface area contributed by atoms with E-state index in [1.165, 1.54) is 13.8 Å². The van der Waals surface area contributed by atoms with E-state index < -0.39 is 17.8 Å². The molecule has 0 aromatic carbocycles. The SMILES string of the molecule is C=CC(=O)OC(=O)OC(C)(C)N.[H-].[Na+]. The molecule has 0 aromatic heterocycles. The Kier molecular flexibility index (Phi) is 7.15. The van der Waals surface area contributed by atoms with Crippen molar-refractivity contribution in [1.82, 2.24) is 0 Å². The third-order valence-corrected chi connectivity index (χ3v) is 0.697. The number of carbonyl (C=O) groups is 2. The number of esters is 1. The van der Waals surface area contributed by atoms with Gasteiger partial charge >= 0.3 is 41.7 Å². The third kappa shape index (κ3) is 9.55. The van der Waals surface area contributed by atoms with E-state index in [0.29, 0.717) is 0 Å². The maximum atomic E-state index is 10.6. The van der Waals surface area contributed by atoms with Crippen LogP contribution in [0.3, 0.4) is 0 Å². The maximum Gasteiger partial charge on any atom is 1.00 e. The van der Waals surface area contributed by atoms with Crippen molar-refractivity contribution in [3.05, 3.63) is 12.7 Å². The Hall–Kier alpha value is -0.360. The van der Waals surface area contributed by atoms with Crippen molar-refractivity contribution >= 4 is 12.1 Å². The fraction of sp³-hybridized carbons (Fsp3) is 0.429. The summed E-state index contributed by atoms with van der Waals surface area (Å²) in [4.78, 5) is 21.1. The molecule has 0 atom stereocenters. The minimum Gasteiger partial charge on any atom is -1.00 e. The molecule has 0 aliphatic carbocycles. The zero-order valence-electron chi connectivity index (χ0n) is 8.99. The molecule has 0 aromatic rings. The van der Waals surface area contributed by atoms with E-state index in [1.807, 2.05) is 0 Å². The quantitative estimate of drug-likeness (QED) is 0.176. The summed E-state index contributed by atoms with van der Waals surface area (Å²) >= 11 is 0. The van der Waals surface area contributed by atoms with Gasteiger partial charge in [-0.2, -0.15) is 0 Å². The van der Waals surface area contributed by atoms with E-state index in [4.69, 9.17) is 5.73 Å². The second kappa shape index (κ2) is 6.15. The Morgan fingerprint density at radius 3 is 2.31 bits per heavy atom. The Labute approximate surface area is 100 Å². The number of ether oxygens (including phenoxy) is 2. The van der Waals surface area contributed by atoms with Crippen LogP contribution in [0.4, 0.5) is 4.79 Å². The summed E-state index contributed by atoms with van der Waals surface area (Å²) in [6.45, 7) is 6.00. The summed E-state index contributed by atoms with van der Waals surface area (Å²) in [5.74, 6) is -0.871. The van der Waals surface area contributed by atoms with Crippen molar-refractivity contribution in [2.24, 2.45) is 5.73 Å². The molecule has 0 aliphatic rings. The molecule has 0 radical (unpaired) electrons. The summed E-state index contributed by atoms with van der Waals surface area (Å²) in [6, 6.07) is 0. The standard InChI is InChI=1S/C7H11NO4.Na.H/c1-4-5(9)11-6(10)12-7(2,3)8;;/h4H,1,8H2,2-3H3;;/q;+1;-1. The van der Waals surface area contributed by atoms with Gasteiger partial charge in [-0.3, -0.25) is 5.73 Å². The van der Waals surface area contributed by atoms with E-state index in [-0.39, 0.29) is 31.0 Å². The zero-order chi connectivity index (χ0) is 9.78. The number of carbonyl (C=O) groups excluding carboxylic acids is 2. The van der Waals surface area contributed by atoms with Gasteiger partial charge in [0, 0.05) is 6.08 Å². The molecule has 5 nitrogen and oxygen atoms in total. The smallest absolute Gasteiger partial charge is 1.00 e. The maximum absolute atomic E-state index is 10.6. The van der Waals surface area contributed by atoms with Crippen LogP contribution in [0.15, 0.2) is 12.7 Å². The van der Waals surface area contributed by atoms with E-state index in [2.05, 4.69) is 16.1 Å². The number of rotatable bonds is 2. The summed E-state index contributed by atoms with van der Waals surface area (Å²) in [7, 11) is 0. The Bertz CT molecular complexity index is 214. The van der Waals surface area contributed by atoms with Gasteiger partial charge in [0.15, 0.2) is 5.72 Å². The number of hydrogen-bond donors (Lipinski definition) is 1. The molecule has 0 unspecified atom stereocenters. The summed E-state index contributed by atoms with van der Waals surface area (Å²) in [5.41, 5.74) is 4.14. The van der Waals surface area contributed by atoms with Crippen LogP contribution in [0.5, 0.6) is 0 Å². The van der Waals surface area contributed by atoms with Crippen LogP contribution in [0.25, 0.3) is 0 Å². The largest absolute Gasteiger partial charge is 1.00 e. The molecule has 0 saturated heterocycles. The molecule has 0 rings (SSSR count). The molecule has 0 heterocycles. The van der Waals surface area contributed by atoms with Gasteiger partial charge < -0.3 is 10.9 Å². The van der Waals surface area contributed by atoms with E-state index in [0.717, 1.165) is 6.08 Å². The fourth-order valence-electron chi connectivity index (χ4n) is 0.359. The summed E-state index contributed by atoms with van der Waals surface area (Å²) in [5, 5.41) is 0. The predicted molar refractivity (Wildman–Crippen MR) is 42.1 cm³/mol. The van der Waals surface area contributed by atoms with Crippen LogP contribution >= 0.6 is 0 Å². The molecule has 0 aliphatic heterocycles. The topological polar surface area (TPSA) is 78.6 Å². The second-order valence-electron chi connectivity index (χ2n) is 2.58. The first-order chi connectivity index (χ1) is 5.35. The van der Waals surface area contributed by atoms with Crippen LogP contribution in [-0.4, -0.2) is 17.8 Å². The molecular formula is C7H12NNaO4. The Balaban J connectivity index is -0.000000605. The summed E-state index contributed by atoms with van der Waals surface area (Å²) < 4.78 is 8.54. The number of nitrogens with two attached hydrogens (primary N) is 1. The Morgan fingerprint density at radius 2 is 2.00 bits per heavy atom. The molecule has 0 fully saturated rings. The van der Waals surface area contributed by atoms with Gasteiger partial charge in [-0.25, -0.2) is 9.59 Å². The van der Waals surface area contributed by atoms with Gasteiger partial charge in [-0.1, -0.05) is 6.58 Å². The molecule has 0 spiro atoms. The minimum atomic E-state index is -1.15. The average molecular weight is 197 g/mol. The molecule has 2 N–H and O–H groups in total. The zero-order valence-corrected chi connectivity index (χ0v) is 9.99. The fourth-order valence-corrected chi connectivity index (χ4v) is 0.359. The summed E-state index contributed by atoms with van der Waals surface area (Å²) in [6.07, 6.45) is -0.280. The minimum absolute atomic E-state index is 0. The molecule has 0 bridgehead atoms. The van der Waals surface area contributed by atoms with Gasteiger partial charge in [-0.05, 0) is 13.8 Å². The van der Waals surface area contributed by atoms with E-state index in [9.17, 15) is 9.59 Å². The monoisotopic (exact) mass is 197 g/mol. The molecule has 0 amide bonds. The van der Waals surface area contributed by atoms with Crippen LogP contribution in [0.1, 0.15) is 15.3 Å². The van der Waals surface area contributed by atoms with E-state index in [1.54, 1.807) is 0 Å². The van der Waals surface area contributed by atoms with Gasteiger partial charge in [0.1, 0.15) is 0 Å². The van der Waals surface area contributed by atoms with Gasteiger partial charge in [0.05, 0.1) is 0 Å². The van der Waals surface area contributed by atoms with Crippen LogP contribution in [-0.2, 0) is 14.3 Å². The van der Waals surface area contributed by atoms with E-state index >= 15 is 0 Å². The van der Waals surface area contributed by atoms with Crippen molar-refractivity contribution in [3.8, 4) is 0 Å². The first-order valence-electron chi connectivity index (χ1n) is 3.21. The predicted octanol–water partition coefficient (Wildman–Crippen LogP) is -2.34. The third-order valence-electron chi connectivity index (χ3n) is 0.697. The van der Waals surface area contributed by atoms with Crippen LogP contribution in [0.2, 0.25) is 0 Å². The number of hydrogen-bond acceptors (Lipinski definition) is 5. The van der Waals surface area contributed by atoms with Gasteiger partial charge in [0.25, 0.3) is 0 Å². The van der Waals surface area contributed by atoms with Crippen LogP contribution < -0.4 is 35.3 Å². The normalized spacial score (nSPS) is 9.46. The molecular weight excluding hydrogens is 185 g/mol. The average Bonchev–Trinajstić information content (AvgIpc) is 1.82. The van der Waals surface area contributed by atoms with Gasteiger partial charge in [0.2, 0.25) is 0 Å². The van der Waals surface area contributed by atoms with Crippen molar-refractivity contribution < 1.29 is 50.0 Å². The van der Waals surface area contributed by atoms with Crippen molar-refractivity contribution in [2.45, 2.75) is 19.6 Å². The Morgan fingerprint density at radius 1 is 1.54 bits per heavy atom. The molecule has 0 saturated carbocycles. The first-order valence-corrected chi connectivity index (χ1v) is 3.21. The second-order valence-corrected chi connectivity index (χ2v) is 2.58. The van der Waals surface area contributed by atoms with Gasteiger partial charge in [-0.15, -0.1) is 0 Å². The molecule has 13 heavy (non-hydrogen) atoms. The van der Waals surface area contributed by atoms with Crippen molar-refractivity contribution in [1.29, 1.82) is 0 Å². The van der Waals surface area contributed by atoms with Crippen molar-refractivity contribution in [2.75, 3.05) is 0 Å². The molecule has 6 heteroatoms. The molecule has 70 valence electrons. The van der Waals surface area contributed by atoms with Crippen molar-refractivity contribution in [3.63, 3.8) is 0 Å².